The monoisotopic (exact) mass is 345 g/mol. The number of hydrogen-bond acceptors (Lipinski definition) is 4. The minimum absolute atomic E-state index is 0.201. The Balaban J connectivity index is 1.80. The van der Waals surface area contributed by atoms with Crippen LogP contribution in [0.1, 0.15) is 21.6 Å². The summed E-state index contributed by atoms with van der Waals surface area (Å²) in [5, 5.41) is 1.77. The molecule has 0 saturated heterocycles. The van der Waals surface area contributed by atoms with E-state index in [1.165, 1.54) is 0 Å². The minimum Gasteiger partial charge on any atom is -0.457 e. The molecule has 0 aliphatic carbocycles. The van der Waals surface area contributed by atoms with Gasteiger partial charge in [0.15, 0.2) is 0 Å². The number of esters is 1. The molecule has 4 rings (SSSR count). The smallest absolute Gasteiger partial charge is 0.342 e. The van der Waals surface area contributed by atoms with Crippen LogP contribution in [0, 0.1) is 6.92 Å². The molecule has 26 heavy (non-hydrogen) atoms. The largest absolute Gasteiger partial charge is 0.457 e. The number of nitrogens with zero attached hydrogens (tertiary/aromatic N) is 2. The topological polar surface area (TPSA) is 70.1 Å². The molecule has 2 aromatic heterocycles. The van der Waals surface area contributed by atoms with Gasteiger partial charge in [0.1, 0.15) is 17.8 Å². The second-order valence-corrected chi connectivity index (χ2v) is 6.32. The lowest BCUT2D eigenvalue weighted by atomic mass is 10.1. The van der Waals surface area contributed by atoms with Gasteiger partial charge in [-0.3, -0.25) is 0 Å². The van der Waals surface area contributed by atoms with Gasteiger partial charge < -0.3 is 15.0 Å². The van der Waals surface area contributed by atoms with Gasteiger partial charge in [0.2, 0.25) is 0 Å². The first-order valence-electron chi connectivity index (χ1n) is 8.42. The maximum atomic E-state index is 12.7. The van der Waals surface area contributed by atoms with Crippen LogP contribution in [-0.4, -0.2) is 15.5 Å². The predicted molar refractivity (Wildman–Crippen MR) is 103 cm³/mol. The van der Waals surface area contributed by atoms with Crippen LogP contribution in [-0.2, 0) is 18.4 Å². The number of pyridine rings is 1. The Morgan fingerprint density at radius 1 is 1.12 bits per heavy atom. The van der Waals surface area contributed by atoms with Gasteiger partial charge in [0.05, 0.1) is 22.3 Å². The molecule has 0 aliphatic heterocycles. The number of aromatic nitrogens is 2. The van der Waals surface area contributed by atoms with Gasteiger partial charge in [0.25, 0.3) is 0 Å². The predicted octanol–water partition coefficient (Wildman–Crippen LogP) is 3.97. The van der Waals surface area contributed by atoms with Crippen LogP contribution < -0.4 is 5.73 Å². The van der Waals surface area contributed by atoms with E-state index in [-0.39, 0.29) is 6.61 Å². The molecule has 0 bridgehead atoms. The van der Waals surface area contributed by atoms with Crippen LogP contribution in [0.25, 0.3) is 21.9 Å². The molecular formula is C21H19N3O2. The summed E-state index contributed by atoms with van der Waals surface area (Å²) in [5.74, 6) is -0.453. The van der Waals surface area contributed by atoms with Crippen molar-refractivity contribution in [3.05, 3.63) is 71.4 Å². The molecule has 0 atom stereocenters. The molecular weight excluding hydrogens is 326 g/mol. The van der Waals surface area contributed by atoms with Crippen molar-refractivity contribution in [1.82, 2.24) is 9.55 Å². The van der Waals surface area contributed by atoms with Crippen LogP contribution in [0.3, 0.4) is 0 Å². The van der Waals surface area contributed by atoms with Crippen molar-refractivity contribution >= 4 is 33.6 Å². The summed E-state index contributed by atoms with van der Waals surface area (Å²) in [6.07, 6.45) is 0. The van der Waals surface area contributed by atoms with E-state index in [9.17, 15) is 4.79 Å². The number of ether oxygens (including phenoxy) is 1. The number of anilines is 1. The van der Waals surface area contributed by atoms with E-state index in [0.717, 1.165) is 27.5 Å². The molecule has 0 saturated carbocycles. The molecule has 2 heterocycles. The number of benzene rings is 2. The molecule has 130 valence electrons. The van der Waals surface area contributed by atoms with Gasteiger partial charge in [-0.1, -0.05) is 48.5 Å². The van der Waals surface area contributed by atoms with Crippen molar-refractivity contribution in [3.63, 3.8) is 0 Å². The summed E-state index contributed by atoms with van der Waals surface area (Å²) >= 11 is 0. The van der Waals surface area contributed by atoms with Crippen molar-refractivity contribution in [2.24, 2.45) is 7.05 Å². The molecule has 0 aliphatic rings. The first-order valence-corrected chi connectivity index (χ1v) is 8.42. The Kier molecular flexibility index (Phi) is 3.84. The average Bonchev–Trinajstić information content (AvgIpc) is 2.94. The van der Waals surface area contributed by atoms with Gasteiger partial charge in [-0.15, -0.1) is 0 Å². The Morgan fingerprint density at radius 3 is 2.58 bits per heavy atom. The van der Waals surface area contributed by atoms with Crippen LogP contribution in [0.5, 0.6) is 0 Å². The lowest BCUT2D eigenvalue weighted by Gasteiger charge is -2.11. The molecule has 5 nitrogen and oxygen atoms in total. The third-order valence-electron chi connectivity index (χ3n) is 4.67. The first-order chi connectivity index (χ1) is 12.6. The SMILES string of the molecule is Cc1nc2c(c(N)c1C(=O)OCc1ccccc1)c1ccccc1n2C. The number of rotatable bonds is 3. The van der Waals surface area contributed by atoms with Crippen molar-refractivity contribution in [2.75, 3.05) is 5.73 Å². The first kappa shape index (κ1) is 16.1. The normalized spacial score (nSPS) is 11.2. The molecule has 0 fully saturated rings. The highest BCUT2D eigenvalue weighted by Gasteiger charge is 2.22. The van der Waals surface area contributed by atoms with Crippen molar-refractivity contribution in [2.45, 2.75) is 13.5 Å². The maximum Gasteiger partial charge on any atom is 0.342 e. The van der Waals surface area contributed by atoms with Gasteiger partial charge in [-0.05, 0) is 18.6 Å². The Hall–Kier alpha value is -3.34. The fourth-order valence-electron chi connectivity index (χ4n) is 3.36. The summed E-state index contributed by atoms with van der Waals surface area (Å²) in [5.41, 5.74) is 10.5. The Labute approximate surface area is 151 Å². The second-order valence-electron chi connectivity index (χ2n) is 6.32. The van der Waals surface area contributed by atoms with Crippen LogP contribution in [0.15, 0.2) is 54.6 Å². The van der Waals surface area contributed by atoms with Gasteiger partial charge in [0, 0.05) is 12.4 Å². The fourth-order valence-corrected chi connectivity index (χ4v) is 3.36. The second kappa shape index (κ2) is 6.19. The van der Waals surface area contributed by atoms with Gasteiger partial charge in [-0.2, -0.15) is 0 Å². The number of aryl methyl sites for hydroxylation is 2. The molecule has 0 amide bonds. The van der Waals surface area contributed by atoms with E-state index in [4.69, 9.17) is 10.5 Å². The van der Waals surface area contributed by atoms with E-state index in [2.05, 4.69) is 4.98 Å². The van der Waals surface area contributed by atoms with Gasteiger partial charge in [-0.25, -0.2) is 9.78 Å². The molecule has 0 spiro atoms. The summed E-state index contributed by atoms with van der Waals surface area (Å²) in [6.45, 7) is 1.98. The zero-order chi connectivity index (χ0) is 18.3. The maximum absolute atomic E-state index is 12.7. The highest BCUT2D eigenvalue weighted by atomic mass is 16.5. The van der Waals surface area contributed by atoms with Crippen molar-refractivity contribution in [1.29, 1.82) is 0 Å². The number of carbonyl (C=O) groups excluding carboxylic acids is 1. The summed E-state index contributed by atoms with van der Waals surface area (Å²) in [6, 6.07) is 17.5. The van der Waals surface area contributed by atoms with E-state index in [1.54, 1.807) is 6.92 Å². The molecule has 4 aromatic rings. The summed E-state index contributed by atoms with van der Waals surface area (Å²) < 4.78 is 7.47. The van der Waals surface area contributed by atoms with Crippen LogP contribution in [0.4, 0.5) is 5.69 Å². The van der Waals surface area contributed by atoms with E-state index in [1.807, 2.05) is 66.2 Å². The Morgan fingerprint density at radius 2 is 1.81 bits per heavy atom. The lowest BCUT2D eigenvalue weighted by molar-refractivity contribution is 0.0473. The number of nitrogen functional groups attached to an aromatic ring is 1. The van der Waals surface area contributed by atoms with Crippen LogP contribution >= 0.6 is 0 Å². The number of nitrogens with two attached hydrogens (primary N) is 1. The number of para-hydroxylation sites is 1. The molecule has 5 heteroatoms. The summed E-state index contributed by atoms with van der Waals surface area (Å²) in [4.78, 5) is 17.3. The standard InChI is InChI=1S/C21H19N3O2/c1-13-17(21(25)26-12-14-8-4-3-5-9-14)19(22)18-15-10-6-7-11-16(15)24(2)20(18)23-13/h3-11H,12H2,1-2H3,(H2,22,23). The van der Waals surface area contributed by atoms with Crippen molar-refractivity contribution in [3.8, 4) is 0 Å². The fraction of sp³-hybridized carbons (Fsp3) is 0.143. The molecule has 0 radical (unpaired) electrons. The zero-order valence-corrected chi connectivity index (χ0v) is 14.7. The zero-order valence-electron chi connectivity index (χ0n) is 14.7. The van der Waals surface area contributed by atoms with Crippen molar-refractivity contribution < 1.29 is 9.53 Å². The summed E-state index contributed by atoms with van der Waals surface area (Å²) in [7, 11) is 1.95. The number of carbonyl (C=O) groups is 1. The van der Waals surface area contributed by atoms with Crippen LogP contribution in [0.2, 0.25) is 0 Å². The average molecular weight is 345 g/mol. The third-order valence-corrected chi connectivity index (χ3v) is 4.67. The lowest BCUT2D eigenvalue weighted by Crippen LogP contribution is -2.12. The quantitative estimate of drug-likeness (QED) is 0.570. The van der Waals surface area contributed by atoms with E-state index in [0.29, 0.717) is 16.9 Å². The van der Waals surface area contributed by atoms with Gasteiger partial charge >= 0.3 is 5.97 Å². The third kappa shape index (κ3) is 2.49. The minimum atomic E-state index is -0.453. The molecule has 2 aromatic carbocycles. The number of hydrogen-bond donors (Lipinski definition) is 1. The molecule has 0 unspecified atom stereocenters. The highest BCUT2D eigenvalue weighted by Crippen LogP contribution is 2.34. The molecule has 2 N–H and O–H groups in total. The van der Waals surface area contributed by atoms with E-state index < -0.39 is 5.97 Å². The van der Waals surface area contributed by atoms with E-state index >= 15 is 0 Å². The number of fused-ring (bicyclic) bond motifs is 3. The Bertz CT molecular complexity index is 1130. The highest BCUT2D eigenvalue weighted by molar-refractivity contribution is 6.16.